The van der Waals surface area contributed by atoms with Gasteiger partial charge >= 0.3 is 0 Å². The van der Waals surface area contributed by atoms with Crippen LogP contribution in [0.25, 0.3) is 0 Å². The molecule has 0 spiro atoms. The lowest BCUT2D eigenvalue weighted by Gasteiger charge is -2.35. The van der Waals surface area contributed by atoms with Crippen LogP contribution in [0.2, 0.25) is 0 Å². The Bertz CT molecular complexity index is 358. The largest absolute Gasteiger partial charge is 0.370 e. The van der Waals surface area contributed by atoms with Crippen LogP contribution < -0.4 is 11.1 Å². The van der Waals surface area contributed by atoms with Crippen LogP contribution in [0.15, 0.2) is 4.99 Å². The van der Waals surface area contributed by atoms with Crippen molar-refractivity contribution in [3.05, 3.63) is 0 Å². The lowest BCUT2D eigenvalue weighted by molar-refractivity contribution is -0.119. The molecule has 1 aliphatic rings. The molecule has 1 atom stereocenters. The minimum absolute atomic E-state index is 0.201. The number of nitrogens with one attached hydrogen (secondary N) is 1. The second-order valence-corrected chi connectivity index (χ2v) is 6.03. The zero-order valence-corrected chi connectivity index (χ0v) is 14.5. The Kier molecular flexibility index (Phi) is 8.89. The molecule has 1 unspecified atom stereocenters. The number of amides is 1. The number of guanidine groups is 1. The molecular formula is C16H33N5O. The molecule has 0 aromatic carbocycles. The molecule has 0 aromatic heterocycles. The Balaban J connectivity index is 2.41. The van der Waals surface area contributed by atoms with Gasteiger partial charge in [0, 0.05) is 39.6 Å². The van der Waals surface area contributed by atoms with Crippen molar-refractivity contribution in [1.82, 2.24) is 15.1 Å². The fourth-order valence-electron chi connectivity index (χ4n) is 3.11. The monoisotopic (exact) mass is 311 g/mol. The quantitative estimate of drug-likeness (QED) is 0.515. The van der Waals surface area contributed by atoms with E-state index >= 15 is 0 Å². The summed E-state index contributed by atoms with van der Waals surface area (Å²) in [7, 11) is 1.82. The van der Waals surface area contributed by atoms with Crippen LogP contribution >= 0.6 is 0 Å². The van der Waals surface area contributed by atoms with Gasteiger partial charge in [-0.05, 0) is 38.3 Å². The molecule has 6 nitrogen and oxygen atoms in total. The fourth-order valence-corrected chi connectivity index (χ4v) is 3.11. The number of primary amides is 1. The van der Waals surface area contributed by atoms with Gasteiger partial charge in [0.1, 0.15) is 0 Å². The van der Waals surface area contributed by atoms with Crippen molar-refractivity contribution in [2.24, 2.45) is 16.6 Å². The maximum atomic E-state index is 11.1. The fraction of sp³-hybridized carbons (Fsp3) is 0.875. The van der Waals surface area contributed by atoms with Crippen LogP contribution in [-0.2, 0) is 4.79 Å². The molecule has 1 amide bonds. The molecule has 0 bridgehead atoms. The van der Waals surface area contributed by atoms with E-state index in [4.69, 9.17) is 5.73 Å². The molecule has 22 heavy (non-hydrogen) atoms. The lowest BCUT2D eigenvalue weighted by atomic mass is 9.95. The van der Waals surface area contributed by atoms with Gasteiger partial charge in [-0.3, -0.25) is 9.79 Å². The number of aliphatic imine (C=N–C) groups is 1. The van der Waals surface area contributed by atoms with Crippen molar-refractivity contribution >= 4 is 11.9 Å². The smallest absolute Gasteiger partial charge is 0.217 e. The second kappa shape index (κ2) is 10.4. The maximum Gasteiger partial charge on any atom is 0.217 e. The van der Waals surface area contributed by atoms with Gasteiger partial charge in [0.15, 0.2) is 5.96 Å². The number of piperidine rings is 1. The molecular weight excluding hydrogens is 278 g/mol. The van der Waals surface area contributed by atoms with E-state index < -0.39 is 0 Å². The van der Waals surface area contributed by atoms with Gasteiger partial charge in [0.25, 0.3) is 0 Å². The number of nitrogens with two attached hydrogens (primary N) is 1. The van der Waals surface area contributed by atoms with Crippen LogP contribution in [0.1, 0.15) is 39.5 Å². The SMILES string of the molecule is CCCN(CC)CCNC(=NC)N1CCCC(CC(N)=O)C1. The van der Waals surface area contributed by atoms with Gasteiger partial charge in [0.05, 0.1) is 0 Å². The van der Waals surface area contributed by atoms with E-state index in [-0.39, 0.29) is 5.91 Å². The molecule has 3 N–H and O–H groups in total. The molecule has 1 aliphatic heterocycles. The Morgan fingerprint density at radius 1 is 1.41 bits per heavy atom. The van der Waals surface area contributed by atoms with Crippen molar-refractivity contribution in [3.8, 4) is 0 Å². The summed E-state index contributed by atoms with van der Waals surface area (Å²) in [6.07, 6.45) is 3.84. The lowest BCUT2D eigenvalue weighted by Crippen LogP contribution is -2.48. The van der Waals surface area contributed by atoms with Gasteiger partial charge < -0.3 is 20.9 Å². The molecule has 0 radical (unpaired) electrons. The summed E-state index contributed by atoms with van der Waals surface area (Å²) >= 11 is 0. The summed E-state index contributed by atoms with van der Waals surface area (Å²) in [5.41, 5.74) is 5.33. The van der Waals surface area contributed by atoms with E-state index in [0.29, 0.717) is 12.3 Å². The highest BCUT2D eigenvalue weighted by molar-refractivity contribution is 5.80. The average molecular weight is 311 g/mol. The molecule has 128 valence electrons. The normalized spacial score (nSPS) is 19.5. The summed E-state index contributed by atoms with van der Waals surface area (Å²) in [5, 5.41) is 3.45. The third kappa shape index (κ3) is 6.64. The number of likely N-dealkylation sites (N-methyl/N-ethyl adjacent to an activating group) is 1. The first-order chi connectivity index (χ1) is 10.6. The molecule has 0 aromatic rings. The highest BCUT2D eigenvalue weighted by Gasteiger charge is 2.23. The Morgan fingerprint density at radius 3 is 2.77 bits per heavy atom. The van der Waals surface area contributed by atoms with E-state index in [1.54, 1.807) is 0 Å². The van der Waals surface area contributed by atoms with Crippen LogP contribution in [0, 0.1) is 5.92 Å². The van der Waals surface area contributed by atoms with E-state index in [1.165, 1.54) is 6.42 Å². The molecule has 0 aliphatic carbocycles. The first kappa shape index (κ1) is 18.7. The highest BCUT2D eigenvalue weighted by Crippen LogP contribution is 2.19. The summed E-state index contributed by atoms with van der Waals surface area (Å²) in [6.45, 7) is 10.4. The van der Waals surface area contributed by atoms with Gasteiger partial charge in [-0.1, -0.05) is 13.8 Å². The third-order valence-electron chi connectivity index (χ3n) is 4.22. The average Bonchev–Trinajstić information content (AvgIpc) is 2.50. The predicted molar refractivity (Wildman–Crippen MR) is 91.9 cm³/mol. The first-order valence-corrected chi connectivity index (χ1v) is 8.56. The van der Waals surface area contributed by atoms with E-state index in [0.717, 1.165) is 58.1 Å². The number of carbonyl (C=O) groups excluding carboxylic acids is 1. The first-order valence-electron chi connectivity index (χ1n) is 8.56. The van der Waals surface area contributed by atoms with Gasteiger partial charge in [0.2, 0.25) is 5.91 Å². The van der Waals surface area contributed by atoms with E-state index in [9.17, 15) is 4.79 Å². The minimum atomic E-state index is -0.201. The summed E-state index contributed by atoms with van der Waals surface area (Å²) in [5.74, 6) is 1.10. The number of likely N-dealkylation sites (tertiary alicyclic amines) is 1. The Morgan fingerprint density at radius 2 is 2.18 bits per heavy atom. The van der Waals surface area contributed by atoms with E-state index in [2.05, 4.69) is 34.0 Å². The van der Waals surface area contributed by atoms with Crippen LogP contribution in [-0.4, -0.2) is 68.0 Å². The number of carbonyl (C=O) groups is 1. The summed E-state index contributed by atoms with van der Waals surface area (Å²) in [4.78, 5) is 20.2. The maximum absolute atomic E-state index is 11.1. The number of hydrogen-bond acceptors (Lipinski definition) is 3. The van der Waals surface area contributed by atoms with Crippen molar-refractivity contribution in [1.29, 1.82) is 0 Å². The van der Waals surface area contributed by atoms with Crippen LogP contribution in [0.5, 0.6) is 0 Å². The number of hydrogen-bond donors (Lipinski definition) is 2. The topological polar surface area (TPSA) is 74.0 Å². The Labute approximate surface area is 135 Å². The Hall–Kier alpha value is -1.30. The zero-order chi connectivity index (χ0) is 16.4. The molecule has 6 heteroatoms. The third-order valence-corrected chi connectivity index (χ3v) is 4.22. The van der Waals surface area contributed by atoms with Crippen molar-refractivity contribution in [2.75, 3.05) is 46.3 Å². The zero-order valence-electron chi connectivity index (χ0n) is 14.5. The minimum Gasteiger partial charge on any atom is -0.370 e. The molecule has 1 fully saturated rings. The van der Waals surface area contributed by atoms with Gasteiger partial charge in [-0.25, -0.2) is 0 Å². The van der Waals surface area contributed by atoms with Crippen molar-refractivity contribution in [2.45, 2.75) is 39.5 Å². The molecule has 1 saturated heterocycles. The van der Waals surface area contributed by atoms with Crippen molar-refractivity contribution < 1.29 is 4.79 Å². The van der Waals surface area contributed by atoms with Crippen molar-refractivity contribution in [3.63, 3.8) is 0 Å². The standard InChI is InChI=1S/C16H33N5O/c1-4-9-20(5-2)11-8-19-16(18-3)21-10-6-7-14(13-21)12-15(17)22/h14H,4-13H2,1-3H3,(H2,17,22)(H,18,19). The number of rotatable bonds is 8. The number of nitrogens with zero attached hydrogens (tertiary/aromatic N) is 3. The van der Waals surface area contributed by atoms with Gasteiger partial charge in [-0.15, -0.1) is 0 Å². The predicted octanol–water partition coefficient (Wildman–Crippen LogP) is 0.881. The molecule has 0 saturated carbocycles. The van der Waals surface area contributed by atoms with Crippen LogP contribution in [0.4, 0.5) is 0 Å². The molecule has 1 heterocycles. The summed E-state index contributed by atoms with van der Waals surface area (Å²) < 4.78 is 0. The second-order valence-electron chi connectivity index (χ2n) is 6.03. The van der Waals surface area contributed by atoms with Crippen LogP contribution in [0.3, 0.4) is 0 Å². The van der Waals surface area contributed by atoms with Gasteiger partial charge in [-0.2, -0.15) is 0 Å². The molecule has 1 rings (SSSR count). The van der Waals surface area contributed by atoms with E-state index in [1.807, 2.05) is 7.05 Å². The highest BCUT2D eigenvalue weighted by atomic mass is 16.1. The summed E-state index contributed by atoms with van der Waals surface area (Å²) in [6, 6.07) is 0.